The standard InChI is InChI=1S/C6H5BrClN/c1-4-5(7)2-3-9-6(4)8/h2-3H,1H3. The Morgan fingerprint density at radius 2 is 2.33 bits per heavy atom. The molecule has 0 unspecified atom stereocenters. The Labute approximate surface area is 67.2 Å². The molecular weight excluding hydrogens is 201 g/mol. The summed E-state index contributed by atoms with van der Waals surface area (Å²) >= 11 is 8.99. The number of pyridine rings is 1. The topological polar surface area (TPSA) is 12.9 Å². The van der Waals surface area contributed by atoms with E-state index in [0.29, 0.717) is 5.15 Å². The first-order valence-electron chi connectivity index (χ1n) is 2.48. The summed E-state index contributed by atoms with van der Waals surface area (Å²) in [6.45, 7) is 1.92. The predicted molar refractivity (Wildman–Crippen MR) is 41.7 cm³/mol. The van der Waals surface area contributed by atoms with Gasteiger partial charge in [-0.25, -0.2) is 4.98 Å². The Morgan fingerprint density at radius 3 is 2.78 bits per heavy atom. The molecule has 1 nitrogen and oxygen atoms in total. The second-order valence-electron chi connectivity index (χ2n) is 1.71. The van der Waals surface area contributed by atoms with Gasteiger partial charge in [0.05, 0.1) is 0 Å². The van der Waals surface area contributed by atoms with E-state index in [-0.39, 0.29) is 0 Å². The Hall–Kier alpha value is -0.0800. The van der Waals surface area contributed by atoms with Crippen molar-refractivity contribution in [1.29, 1.82) is 0 Å². The molecule has 48 valence electrons. The summed E-state index contributed by atoms with van der Waals surface area (Å²) < 4.78 is 1.00. The van der Waals surface area contributed by atoms with Crippen molar-refractivity contribution in [3.8, 4) is 0 Å². The van der Waals surface area contributed by atoms with Gasteiger partial charge in [-0.3, -0.25) is 0 Å². The first-order chi connectivity index (χ1) is 4.22. The highest BCUT2D eigenvalue weighted by Crippen LogP contribution is 2.20. The lowest BCUT2D eigenvalue weighted by Crippen LogP contribution is -1.79. The van der Waals surface area contributed by atoms with Crippen molar-refractivity contribution in [3.63, 3.8) is 0 Å². The minimum absolute atomic E-state index is 0.560. The molecule has 0 N–H and O–H groups in total. The van der Waals surface area contributed by atoms with Crippen LogP contribution in [0.5, 0.6) is 0 Å². The maximum Gasteiger partial charge on any atom is 0.133 e. The molecule has 1 rings (SSSR count). The van der Waals surface area contributed by atoms with E-state index in [1.807, 2.05) is 13.0 Å². The Kier molecular flexibility index (Phi) is 2.09. The van der Waals surface area contributed by atoms with Crippen LogP contribution in [0.3, 0.4) is 0 Å². The van der Waals surface area contributed by atoms with Crippen molar-refractivity contribution in [2.45, 2.75) is 6.92 Å². The molecule has 0 aromatic carbocycles. The van der Waals surface area contributed by atoms with Crippen LogP contribution in [0.25, 0.3) is 0 Å². The summed E-state index contributed by atoms with van der Waals surface area (Å²) in [7, 11) is 0. The maximum atomic E-state index is 5.67. The van der Waals surface area contributed by atoms with Gasteiger partial charge in [-0.05, 0) is 13.0 Å². The summed E-state index contributed by atoms with van der Waals surface area (Å²) in [6.07, 6.45) is 1.67. The van der Waals surface area contributed by atoms with Gasteiger partial charge in [0, 0.05) is 16.2 Å². The zero-order chi connectivity index (χ0) is 6.85. The number of hydrogen-bond donors (Lipinski definition) is 0. The van der Waals surface area contributed by atoms with E-state index in [9.17, 15) is 0 Å². The average molecular weight is 206 g/mol. The molecule has 0 saturated carbocycles. The van der Waals surface area contributed by atoms with Crippen LogP contribution in [0.15, 0.2) is 16.7 Å². The van der Waals surface area contributed by atoms with Gasteiger partial charge in [0.2, 0.25) is 0 Å². The first kappa shape index (κ1) is 7.03. The number of halogens is 2. The molecule has 0 bridgehead atoms. The molecule has 0 aliphatic carbocycles. The molecule has 0 aliphatic rings. The first-order valence-corrected chi connectivity index (χ1v) is 3.65. The smallest absolute Gasteiger partial charge is 0.133 e. The third-order valence-electron chi connectivity index (χ3n) is 1.08. The van der Waals surface area contributed by atoms with Crippen molar-refractivity contribution in [1.82, 2.24) is 4.98 Å². The van der Waals surface area contributed by atoms with Gasteiger partial charge in [-0.1, -0.05) is 27.5 Å². The van der Waals surface area contributed by atoms with Gasteiger partial charge in [-0.2, -0.15) is 0 Å². The van der Waals surface area contributed by atoms with Crippen LogP contribution in [0.2, 0.25) is 5.15 Å². The number of aromatic nitrogens is 1. The highest BCUT2D eigenvalue weighted by atomic mass is 79.9. The Balaban J connectivity index is 3.25. The highest BCUT2D eigenvalue weighted by Gasteiger charge is 1.97. The second kappa shape index (κ2) is 2.67. The largest absolute Gasteiger partial charge is 0.244 e. The molecule has 1 heterocycles. The van der Waals surface area contributed by atoms with Crippen LogP contribution in [0, 0.1) is 6.92 Å². The third-order valence-corrected chi connectivity index (χ3v) is 2.32. The van der Waals surface area contributed by atoms with Crippen molar-refractivity contribution in [2.75, 3.05) is 0 Å². The lowest BCUT2D eigenvalue weighted by atomic mass is 10.3. The molecule has 0 atom stereocenters. The van der Waals surface area contributed by atoms with Gasteiger partial charge in [0.15, 0.2) is 0 Å². The molecule has 1 aromatic rings. The predicted octanol–water partition coefficient (Wildman–Crippen LogP) is 2.81. The van der Waals surface area contributed by atoms with Gasteiger partial charge in [0.1, 0.15) is 5.15 Å². The maximum absolute atomic E-state index is 5.67. The van der Waals surface area contributed by atoms with E-state index in [4.69, 9.17) is 11.6 Å². The van der Waals surface area contributed by atoms with Crippen LogP contribution in [0.1, 0.15) is 5.56 Å². The van der Waals surface area contributed by atoms with Gasteiger partial charge in [0.25, 0.3) is 0 Å². The van der Waals surface area contributed by atoms with Crippen molar-refractivity contribution >= 4 is 27.5 Å². The fourth-order valence-electron chi connectivity index (χ4n) is 0.489. The molecule has 0 amide bonds. The van der Waals surface area contributed by atoms with Crippen molar-refractivity contribution in [3.05, 3.63) is 27.5 Å². The Morgan fingerprint density at radius 1 is 1.67 bits per heavy atom. The molecule has 3 heteroatoms. The fraction of sp³-hybridized carbons (Fsp3) is 0.167. The van der Waals surface area contributed by atoms with E-state index >= 15 is 0 Å². The molecule has 0 fully saturated rings. The minimum atomic E-state index is 0.560. The van der Waals surface area contributed by atoms with E-state index in [1.165, 1.54) is 0 Å². The van der Waals surface area contributed by atoms with Crippen LogP contribution >= 0.6 is 27.5 Å². The number of hydrogen-bond acceptors (Lipinski definition) is 1. The SMILES string of the molecule is Cc1c(Br)ccnc1Cl. The number of rotatable bonds is 0. The van der Waals surface area contributed by atoms with E-state index in [1.54, 1.807) is 6.20 Å². The van der Waals surface area contributed by atoms with E-state index < -0.39 is 0 Å². The minimum Gasteiger partial charge on any atom is -0.244 e. The molecule has 0 spiro atoms. The zero-order valence-electron chi connectivity index (χ0n) is 4.86. The quantitative estimate of drug-likeness (QED) is 0.595. The monoisotopic (exact) mass is 205 g/mol. The lowest BCUT2D eigenvalue weighted by molar-refractivity contribution is 1.25. The van der Waals surface area contributed by atoms with E-state index in [2.05, 4.69) is 20.9 Å². The number of nitrogens with zero attached hydrogens (tertiary/aromatic N) is 1. The van der Waals surface area contributed by atoms with Crippen molar-refractivity contribution in [2.24, 2.45) is 0 Å². The van der Waals surface area contributed by atoms with Gasteiger partial charge in [-0.15, -0.1) is 0 Å². The summed E-state index contributed by atoms with van der Waals surface area (Å²) in [5.74, 6) is 0. The zero-order valence-corrected chi connectivity index (χ0v) is 7.20. The third kappa shape index (κ3) is 1.43. The second-order valence-corrected chi connectivity index (χ2v) is 2.92. The van der Waals surface area contributed by atoms with Gasteiger partial charge < -0.3 is 0 Å². The molecule has 0 saturated heterocycles. The summed E-state index contributed by atoms with van der Waals surface area (Å²) in [6, 6.07) is 1.86. The molecule has 1 aromatic heterocycles. The van der Waals surface area contributed by atoms with Crippen LogP contribution in [0.4, 0.5) is 0 Å². The lowest BCUT2D eigenvalue weighted by Gasteiger charge is -1.96. The normalized spacial score (nSPS) is 9.67. The highest BCUT2D eigenvalue weighted by molar-refractivity contribution is 9.10. The summed E-state index contributed by atoms with van der Waals surface area (Å²) in [5.41, 5.74) is 0.985. The van der Waals surface area contributed by atoms with Crippen LogP contribution < -0.4 is 0 Å². The van der Waals surface area contributed by atoms with Gasteiger partial charge >= 0.3 is 0 Å². The molecular formula is C6H5BrClN. The van der Waals surface area contributed by atoms with Crippen molar-refractivity contribution < 1.29 is 0 Å². The average Bonchev–Trinajstić information content (AvgIpc) is 1.83. The molecule has 9 heavy (non-hydrogen) atoms. The fourth-order valence-corrected chi connectivity index (χ4v) is 1.07. The summed E-state index contributed by atoms with van der Waals surface area (Å²) in [5, 5.41) is 0.560. The van der Waals surface area contributed by atoms with Crippen LogP contribution in [-0.2, 0) is 0 Å². The van der Waals surface area contributed by atoms with E-state index in [0.717, 1.165) is 10.0 Å². The molecule has 0 radical (unpaired) electrons. The Bertz CT molecular complexity index is 204. The van der Waals surface area contributed by atoms with Crippen LogP contribution in [-0.4, -0.2) is 4.98 Å². The summed E-state index contributed by atoms with van der Waals surface area (Å²) in [4.78, 5) is 3.87. The molecule has 0 aliphatic heterocycles.